The molecular weight excluding hydrogens is 298 g/mol. The number of ether oxygens (including phenoxy) is 1. The number of carbonyl (C=O) groups is 3. The fraction of sp³-hybridized carbons (Fsp3) is 0.438. The predicted octanol–water partition coefficient (Wildman–Crippen LogP) is 1.90. The maximum absolute atomic E-state index is 12.0. The summed E-state index contributed by atoms with van der Waals surface area (Å²) in [5, 5.41) is 7.85. The van der Waals surface area contributed by atoms with Gasteiger partial charge >= 0.3 is 6.09 Å². The second-order valence-electron chi connectivity index (χ2n) is 4.93. The molecule has 1 aromatic carbocycles. The van der Waals surface area contributed by atoms with Crippen LogP contribution in [0, 0.1) is 0 Å². The molecule has 0 fully saturated rings. The zero-order chi connectivity index (χ0) is 17.1. The monoisotopic (exact) mass is 321 g/mol. The number of hydrogen-bond donors (Lipinski definition) is 3. The van der Waals surface area contributed by atoms with Crippen LogP contribution in [0.1, 0.15) is 37.0 Å². The lowest BCUT2D eigenvalue weighted by Gasteiger charge is -2.09. The van der Waals surface area contributed by atoms with Crippen LogP contribution in [0.15, 0.2) is 24.3 Å². The minimum Gasteiger partial charge on any atom is -0.450 e. The van der Waals surface area contributed by atoms with Crippen molar-refractivity contribution < 1.29 is 19.1 Å². The lowest BCUT2D eigenvalue weighted by atomic mass is 10.2. The molecule has 7 nitrogen and oxygen atoms in total. The first-order valence-electron chi connectivity index (χ1n) is 7.59. The number of benzene rings is 1. The third kappa shape index (κ3) is 7.85. The molecule has 3 amide bonds. The highest BCUT2D eigenvalue weighted by Gasteiger charge is 2.07. The van der Waals surface area contributed by atoms with Gasteiger partial charge in [-0.1, -0.05) is 19.4 Å². The number of hydrogen-bond acceptors (Lipinski definition) is 4. The van der Waals surface area contributed by atoms with Crippen LogP contribution >= 0.6 is 0 Å². The van der Waals surface area contributed by atoms with E-state index in [9.17, 15) is 14.4 Å². The van der Waals surface area contributed by atoms with E-state index < -0.39 is 6.09 Å². The van der Waals surface area contributed by atoms with Gasteiger partial charge in [0.25, 0.3) is 5.91 Å². The van der Waals surface area contributed by atoms with Gasteiger partial charge in [0.15, 0.2) is 0 Å². The minimum absolute atomic E-state index is 0.201. The van der Waals surface area contributed by atoms with Crippen molar-refractivity contribution in [1.82, 2.24) is 10.6 Å². The first-order valence-corrected chi connectivity index (χ1v) is 7.59. The third-order valence-electron chi connectivity index (χ3n) is 2.86. The average molecular weight is 321 g/mol. The summed E-state index contributed by atoms with van der Waals surface area (Å²) < 4.78 is 4.92. The number of amides is 3. The highest BCUT2D eigenvalue weighted by Crippen LogP contribution is 2.10. The summed E-state index contributed by atoms with van der Waals surface area (Å²) in [6.07, 6.45) is 1.30. The van der Waals surface area contributed by atoms with Gasteiger partial charge in [0.05, 0.1) is 6.61 Å². The van der Waals surface area contributed by atoms with Gasteiger partial charge in [0.1, 0.15) is 0 Å². The molecule has 23 heavy (non-hydrogen) atoms. The van der Waals surface area contributed by atoms with Gasteiger partial charge in [-0.25, -0.2) is 4.79 Å². The van der Waals surface area contributed by atoms with Crippen molar-refractivity contribution in [3.05, 3.63) is 29.8 Å². The van der Waals surface area contributed by atoms with Crippen LogP contribution in [-0.4, -0.2) is 37.6 Å². The van der Waals surface area contributed by atoms with E-state index in [1.807, 2.05) is 6.92 Å². The Bertz CT molecular complexity index is 546. The Kier molecular flexibility index (Phi) is 8.20. The molecule has 7 heteroatoms. The molecule has 0 heterocycles. The van der Waals surface area contributed by atoms with E-state index in [0.29, 0.717) is 17.9 Å². The molecule has 1 aromatic rings. The van der Waals surface area contributed by atoms with Crippen molar-refractivity contribution in [1.29, 1.82) is 0 Å². The van der Waals surface area contributed by atoms with Crippen LogP contribution in [0.5, 0.6) is 0 Å². The molecule has 0 radical (unpaired) electrons. The fourth-order valence-corrected chi connectivity index (χ4v) is 1.74. The van der Waals surface area contributed by atoms with Crippen molar-refractivity contribution in [3.8, 4) is 0 Å². The van der Waals surface area contributed by atoms with Crippen LogP contribution in [0.4, 0.5) is 10.5 Å². The van der Waals surface area contributed by atoms with Crippen molar-refractivity contribution >= 4 is 23.6 Å². The number of anilines is 1. The number of rotatable bonds is 8. The van der Waals surface area contributed by atoms with E-state index in [1.165, 1.54) is 6.92 Å². The van der Waals surface area contributed by atoms with Crippen molar-refractivity contribution in [3.63, 3.8) is 0 Å². The van der Waals surface area contributed by atoms with Gasteiger partial charge in [-0.15, -0.1) is 0 Å². The molecule has 0 spiro atoms. The summed E-state index contributed by atoms with van der Waals surface area (Å²) >= 11 is 0. The number of carbonyl (C=O) groups excluding carboxylic acids is 3. The Labute approximate surface area is 135 Å². The molecule has 0 bridgehead atoms. The van der Waals surface area contributed by atoms with Crippen LogP contribution in [0.2, 0.25) is 0 Å². The molecule has 126 valence electrons. The highest BCUT2D eigenvalue weighted by atomic mass is 16.5. The first kappa shape index (κ1) is 18.5. The number of unbranched alkanes of at least 4 members (excludes halogenated alkanes) is 1. The second kappa shape index (κ2) is 10.2. The fourth-order valence-electron chi connectivity index (χ4n) is 1.74. The van der Waals surface area contributed by atoms with Gasteiger partial charge in [0, 0.05) is 31.3 Å². The number of alkyl carbamates (subject to hydrolysis) is 1. The van der Waals surface area contributed by atoms with Crippen LogP contribution < -0.4 is 16.0 Å². The molecule has 0 unspecified atom stereocenters. The summed E-state index contributed by atoms with van der Waals surface area (Å²) in [5.74, 6) is -0.480. The summed E-state index contributed by atoms with van der Waals surface area (Å²) in [5.41, 5.74) is 0.990. The molecular formula is C16H23N3O4. The Hall–Kier alpha value is -2.57. The molecule has 0 aliphatic carbocycles. The molecule has 1 rings (SSSR count). The van der Waals surface area contributed by atoms with Gasteiger partial charge < -0.3 is 20.7 Å². The molecule has 0 aliphatic rings. The van der Waals surface area contributed by atoms with Crippen LogP contribution in [-0.2, 0) is 9.53 Å². The molecule has 0 atom stereocenters. The summed E-state index contributed by atoms with van der Waals surface area (Å²) in [7, 11) is 0. The molecule has 3 N–H and O–H groups in total. The van der Waals surface area contributed by atoms with Gasteiger partial charge in [0.2, 0.25) is 5.91 Å². The second-order valence-corrected chi connectivity index (χ2v) is 4.93. The van der Waals surface area contributed by atoms with E-state index in [4.69, 9.17) is 4.74 Å². The molecule has 0 aromatic heterocycles. The van der Waals surface area contributed by atoms with E-state index >= 15 is 0 Å². The molecule has 0 saturated heterocycles. The summed E-state index contributed by atoms with van der Waals surface area (Å²) in [4.78, 5) is 34.3. The largest absolute Gasteiger partial charge is 0.450 e. The van der Waals surface area contributed by atoms with Crippen molar-refractivity contribution in [2.24, 2.45) is 0 Å². The zero-order valence-corrected chi connectivity index (χ0v) is 13.5. The van der Waals surface area contributed by atoms with Gasteiger partial charge in [-0.2, -0.15) is 0 Å². The maximum Gasteiger partial charge on any atom is 0.407 e. The topological polar surface area (TPSA) is 96.5 Å². The normalized spacial score (nSPS) is 9.83. The van der Waals surface area contributed by atoms with Crippen LogP contribution in [0.3, 0.4) is 0 Å². The van der Waals surface area contributed by atoms with Crippen molar-refractivity contribution in [2.45, 2.75) is 26.7 Å². The summed E-state index contributed by atoms with van der Waals surface area (Å²) in [6, 6.07) is 6.62. The van der Waals surface area contributed by atoms with Gasteiger partial charge in [-0.3, -0.25) is 9.59 Å². The lowest BCUT2D eigenvalue weighted by Crippen LogP contribution is -2.35. The quantitative estimate of drug-likeness (QED) is 0.637. The molecule has 0 saturated carbocycles. The SMILES string of the molecule is CCCCOC(=O)NCCNC(=O)c1cccc(NC(C)=O)c1. The Balaban J connectivity index is 2.31. The minimum atomic E-state index is -0.486. The van der Waals surface area contributed by atoms with Crippen LogP contribution in [0.25, 0.3) is 0 Å². The predicted molar refractivity (Wildman–Crippen MR) is 87.3 cm³/mol. The third-order valence-corrected chi connectivity index (χ3v) is 2.86. The highest BCUT2D eigenvalue weighted by molar-refractivity contribution is 5.96. The molecule has 0 aliphatic heterocycles. The summed E-state index contributed by atoms with van der Waals surface area (Å²) in [6.45, 7) is 4.37. The number of nitrogens with one attached hydrogen (secondary N) is 3. The Morgan fingerprint density at radius 3 is 2.57 bits per heavy atom. The smallest absolute Gasteiger partial charge is 0.407 e. The van der Waals surface area contributed by atoms with E-state index in [-0.39, 0.29) is 24.9 Å². The zero-order valence-electron chi connectivity index (χ0n) is 13.5. The Morgan fingerprint density at radius 2 is 1.87 bits per heavy atom. The first-order chi connectivity index (χ1) is 11.0. The maximum atomic E-state index is 12.0. The standard InChI is InChI=1S/C16H23N3O4/c1-3-4-10-23-16(22)18-9-8-17-15(21)13-6-5-7-14(11-13)19-12(2)20/h5-7,11H,3-4,8-10H2,1-2H3,(H,17,21)(H,18,22)(H,19,20). The Morgan fingerprint density at radius 1 is 1.13 bits per heavy atom. The van der Waals surface area contributed by atoms with E-state index in [0.717, 1.165) is 12.8 Å². The van der Waals surface area contributed by atoms with Gasteiger partial charge in [-0.05, 0) is 24.6 Å². The lowest BCUT2D eigenvalue weighted by molar-refractivity contribution is -0.114. The average Bonchev–Trinajstić information content (AvgIpc) is 2.51. The van der Waals surface area contributed by atoms with E-state index in [2.05, 4.69) is 16.0 Å². The van der Waals surface area contributed by atoms with E-state index in [1.54, 1.807) is 24.3 Å². The van der Waals surface area contributed by atoms with Crippen molar-refractivity contribution in [2.75, 3.05) is 25.0 Å².